The van der Waals surface area contributed by atoms with Gasteiger partial charge < -0.3 is 14.4 Å². The van der Waals surface area contributed by atoms with E-state index in [1.54, 1.807) is 0 Å². The van der Waals surface area contributed by atoms with Crippen LogP contribution in [0.25, 0.3) is 71.6 Å². The molecule has 0 atom stereocenters. The van der Waals surface area contributed by atoms with Crippen molar-refractivity contribution in [3.63, 3.8) is 0 Å². The van der Waals surface area contributed by atoms with E-state index in [1.807, 2.05) is 0 Å². The summed E-state index contributed by atoms with van der Waals surface area (Å²) in [5.41, 5.74) is 22.3. The molecular formula is C71H47N3. The number of benzene rings is 12. The summed E-state index contributed by atoms with van der Waals surface area (Å²) in [6.07, 6.45) is 0. The molecule has 12 aromatic carbocycles. The van der Waals surface area contributed by atoms with E-state index in [1.165, 1.54) is 77.1 Å². The molecule has 15 rings (SSSR count). The summed E-state index contributed by atoms with van der Waals surface area (Å²) in [6.45, 7) is 0. The molecule has 13 aromatic rings. The maximum atomic E-state index is 2.49. The standard InChI is InChI=1S/C71H47N3/c1-3-22-52(23-4-1)72(54-26-17-21-50(44-54)51-38-41-64-63-32-12-16-36-69(63)74(70(64)45-51)53-24-5-2-6-25-53)55-27-18-28-56(46-55)73(57-39-37-48-19-7-8-20-49(48)43-57)58-40-42-62-61-31-11-15-35-67(61)71(68(62)47-58)65-33-13-9-29-59(65)60-30-10-14-34-66(60)71/h1-47H. The molecule has 0 saturated heterocycles. The summed E-state index contributed by atoms with van der Waals surface area (Å²) >= 11 is 0. The van der Waals surface area contributed by atoms with Crippen LogP contribution in [0.15, 0.2) is 285 Å². The maximum Gasteiger partial charge on any atom is 0.0726 e. The fourth-order valence-corrected chi connectivity index (χ4v) is 12.6. The zero-order valence-corrected chi connectivity index (χ0v) is 40.5. The van der Waals surface area contributed by atoms with Crippen molar-refractivity contribution in [3.05, 3.63) is 307 Å². The Morgan fingerprint density at radius 2 is 0.743 bits per heavy atom. The Hall–Kier alpha value is -9.70. The number of fused-ring (bicyclic) bond motifs is 14. The molecule has 0 saturated carbocycles. The van der Waals surface area contributed by atoms with Crippen LogP contribution < -0.4 is 9.80 Å². The molecular weight excluding hydrogens is 895 g/mol. The van der Waals surface area contributed by atoms with Gasteiger partial charge in [-0.25, -0.2) is 0 Å². The molecule has 0 amide bonds. The molecule has 3 heteroatoms. The van der Waals surface area contributed by atoms with Crippen molar-refractivity contribution in [2.24, 2.45) is 0 Å². The molecule has 1 aromatic heterocycles. The lowest BCUT2D eigenvalue weighted by Gasteiger charge is -2.33. The normalized spacial score (nSPS) is 12.7. The van der Waals surface area contributed by atoms with E-state index < -0.39 is 5.41 Å². The third kappa shape index (κ3) is 6.33. The third-order valence-electron chi connectivity index (χ3n) is 15.7. The minimum absolute atomic E-state index is 0.468. The largest absolute Gasteiger partial charge is 0.310 e. The Kier molecular flexibility index (Phi) is 9.48. The minimum atomic E-state index is -0.468. The fourth-order valence-electron chi connectivity index (χ4n) is 12.6. The first-order chi connectivity index (χ1) is 36.7. The van der Waals surface area contributed by atoms with Crippen molar-refractivity contribution in [2.75, 3.05) is 9.80 Å². The summed E-state index contributed by atoms with van der Waals surface area (Å²) in [7, 11) is 0. The average molecular weight is 942 g/mol. The average Bonchev–Trinajstić information content (AvgIpc) is 4.11. The Bertz CT molecular complexity index is 4280. The Balaban J connectivity index is 0.902. The molecule has 74 heavy (non-hydrogen) atoms. The van der Waals surface area contributed by atoms with Gasteiger partial charge in [0.05, 0.1) is 16.4 Å². The van der Waals surface area contributed by atoms with Gasteiger partial charge in [-0.15, -0.1) is 0 Å². The number of rotatable bonds is 8. The van der Waals surface area contributed by atoms with Gasteiger partial charge in [0, 0.05) is 50.6 Å². The van der Waals surface area contributed by atoms with Gasteiger partial charge in [0.2, 0.25) is 0 Å². The lowest BCUT2D eigenvalue weighted by Crippen LogP contribution is -2.26. The maximum absolute atomic E-state index is 2.49. The van der Waals surface area contributed by atoms with Crippen LogP contribution in [0.4, 0.5) is 34.1 Å². The molecule has 0 bridgehead atoms. The van der Waals surface area contributed by atoms with Crippen LogP contribution in [-0.4, -0.2) is 4.57 Å². The SMILES string of the molecule is c1ccc(N(c2cccc(-c3ccc4c5ccccc5n(-c5ccccc5)c4c3)c2)c2cccc(N(c3ccc4c(c3)C3(c5ccccc5-c5ccccc53)c3ccccc3-4)c3ccc4ccccc4c3)c2)cc1. The van der Waals surface area contributed by atoms with Crippen LogP contribution in [0.3, 0.4) is 0 Å². The molecule has 2 aliphatic rings. The topological polar surface area (TPSA) is 11.4 Å². The molecule has 346 valence electrons. The van der Waals surface area contributed by atoms with Crippen molar-refractivity contribution in [1.82, 2.24) is 4.57 Å². The highest BCUT2D eigenvalue weighted by atomic mass is 15.2. The summed E-state index contributed by atoms with van der Waals surface area (Å²) < 4.78 is 2.40. The number of anilines is 6. The van der Waals surface area contributed by atoms with Crippen LogP contribution in [0.2, 0.25) is 0 Å². The van der Waals surface area contributed by atoms with Crippen molar-refractivity contribution in [2.45, 2.75) is 5.41 Å². The minimum Gasteiger partial charge on any atom is -0.310 e. The molecule has 0 radical (unpaired) electrons. The Labute approximate surface area is 430 Å². The summed E-state index contributed by atoms with van der Waals surface area (Å²) in [5, 5.41) is 4.89. The molecule has 0 aliphatic heterocycles. The van der Waals surface area contributed by atoms with Gasteiger partial charge in [-0.2, -0.15) is 0 Å². The predicted molar refractivity (Wildman–Crippen MR) is 309 cm³/mol. The number of aromatic nitrogens is 1. The summed E-state index contributed by atoms with van der Waals surface area (Å²) in [4.78, 5) is 4.85. The molecule has 2 aliphatic carbocycles. The van der Waals surface area contributed by atoms with Gasteiger partial charge in [-0.05, 0) is 157 Å². The molecule has 1 spiro atoms. The van der Waals surface area contributed by atoms with E-state index in [9.17, 15) is 0 Å². The van der Waals surface area contributed by atoms with E-state index in [0.29, 0.717) is 0 Å². The highest BCUT2D eigenvalue weighted by Crippen LogP contribution is 2.63. The van der Waals surface area contributed by atoms with Crippen LogP contribution in [0.1, 0.15) is 22.3 Å². The number of hydrogen-bond donors (Lipinski definition) is 0. The lowest BCUT2D eigenvalue weighted by atomic mass is 9.70. The van der Waals surface area contributed by atoms with Crippen LogP contribution in [0.5, 0.6) is 0 Å². The smallest absolute Gasteiger partial charge is 0.0726 e. The van der Waals surface area contributed by atoms with Crippen molar-refractivity contribution in [1.29, 1.82) is 0 Å². The second-order valence-corrected chi connectivity index (χ2v) is 19.6. The molecule has 0 N–H and O–H groups in total. The van der Waals surface area contributed by atoms with Crippen molar-refractivity contribution < 1.29 is 0 Å². The van der Waals surface area contributed by atoms with E-state index in [4.69, 9.17) is 0 Å². The van der Waals surface area contributed by atoms with Gasteiger partial charge in [0.15, 0.2) is 0 Å². The van der Waals surface area contributed by atoms with E-state index in [0.717, 1.165) is 50.9 Å². The third-order valence-corrected chi connectivity index (χ3v) is 15.7. The fraction of sp³-hybridized carbons (Fsp3) is 0.0141. The predicted octanol–water partition coefficient (Wildman–Crippen LogP) is 18.9. The van der Waals surface area contributed by atoms with E-state index in [2.05, 4.69) is 299 Å². The van der Waals surface area contributed by atoms with Gasteiger partial charge in [0.1, 0.15) is 0 Å². The van der Waals surface area contributed by atoms with E-state index in [-0.39, 0.29) is 0 Å². The Morgan fingerprint density at radius 1 is 0.257 bits per heavy atom. The number of para-hydroxylation sites is 3. The van der Waals surface area contributed by atoms with Gasteiger partial charge in [-0.3, -0.25) is 0 Å². The highest BCUT2D eigenvalue weighted by molar-refractivity contribution is 6.10. The summed E-state index contributed by atoms with van der Waals surface area (Å²) in [6, 6.07) is 105. The Morgan fingerprint density at radius 3 is 1.46 bits per heavy atom. The number of nitrogens with zero attached hydrogens (tertiary/aromatic N) is 3. The van der Waals surface area contributed by atoms with Crippen molar-refractivity contribution in [3.8, 4) is 39.1 Å². The quantitative estimate of drug-likeness (QED) is 0.150. The zero-order chi connectivity index (χ0) is 48.7. The second-order valence-electron chi connectivity index (χ2n) is 19.6. The monoisotopic (exact) mass is 941 g/mol. The second kappa shape index (κ2) is 16.7. The van der Waals surface area contributed by atoms with E-state index >= 15 is 0 Å². The van der Waals surface area contributed by atoms with Crippen molar-refractivity contribution >= 4 is 66.7 Å². The molecule has 0 unspecified atom stereocenters. The summed E-state index contributed by atoms with van der Waals surface area (Å²) in [5.74, 6) is 0. The molecule has 3 nitrogen and oxygen atoms in total. The van der Waals surface area contributed by atoms with Gasteiger partial charge in [-0.1, -0.05) is 194 Å². The molecule has 0 fully saturated rings. The van der Waals surface area contributed by atoms with Crippen LogP contribution in [-0.2, 0) is 5.41 Å². The zero-order valence-electron chi connectivity index (χ0n) is 40.5. The highest BCUT2D eigenvalue weighted by Gasteiger charge is 2.51. The first-order valence-electron chi connectivity index (χ1n) is 25.6. The molecule has 1 heterocycles. The van der Waals surface area contributed by atoms with Gasteiger partial charge >= 0.3 is 0 Å². The van der Waals surface area contributed by atoms with Crippen LogP contribution >= 0.6 is 0 Å². The number of hydrogen-bond acceptors (Lipinski definition) is 2. The van der Waals surface area contributed by atoms with Crippen LogP contribution in [0, 0.1) is 0 Å². The lowest BCUT2D eigenvalue weighted by molar-refractivity contribution is 0.793. The van der Waals surface area contributed by atoms with Gasteiger partial charge in [0.25, 0.3) is 0 Å². The first-order valence-corrected chi connectivity index (χ1v) is 25.6. The first kappa shape index (κ1) is 42.0.